The van der Waals surface area contributed by atoms with Crippen molar-refractivity contribution in [3.63, 3.8) is 0 Å². The van der Waals surface area contributed by atoms with Crippen molar-refractivity contribution in [2.24, 2.45) is 5.92 Å². The molecule has 0 aliphatic carbocycles. The highest BCUT2D eigenvalue weighted by Crippen LogP contribution is 2.20. The van der Waals surface area contributed by atoms with Gasteiger partial charge in [0.05, 0.1) is 4.90 Å². The molecular weight excluding hydrogens is 286 g/mol. The van der Waals surface area contributed by atoms with E-state index >= 15 is 0 Å². The van der Waals surface area contributed by atoms with E-state index in [1.807, 2.05) is 0 Å². The van der Waals surface area contributed by atoms with E-state index in [0.29, 0.717) is 6.54 Å². The second-order valence-corrected chi connectivity index (χ2v) is 7.12. The van der Waals surface area contributed by atoms with Crippen molar-refractivity contribution in [1.82, 2.24) is 9.62 Å². The van der Waals surface area contributed by atoms with Crippen LogP contribution in [0, 0.1) is 17.6 Å². The molecule has 4 nitrogen and oxygen atoms in total. The Labute approximate surface area is 117 Å². The molecule has 112 valence electrons. The number of hydrogen-bond acceptors (Lipinski definition) is 3. The van der Waals surface area contributed by atoms with Crippen LogP contribution in [0.25, 0.3) is 0 Å². The van der Waals surface area contributed by atoms with Crippen molar-refractivity contribution >= 4 is 10.0 Å². The maximum atomic E-state index is 13.2. The third-order valence-electron chi connectivity index (χ3n) is 3.51. The summed E-state index contributed by atoms with van der Waals surface area (Å²) in [5, 5.41) is 3.22. The van der Waals surface area contributed by atoms with Crippen LogP contribution in [-0.2, 0) is 10.0 Å². The lowest BCUT2D eigenvalue weighted by Gasteiger charge is -2.27. The first-order chi connectivity index (χ1) is 9.41. The molecule has 1 atom stereocenters. The van der Waals surface area contributed by atoms with Crippen LogP contribution < -0.4 is 5.32 Å². The molecule has 0 spiro atoms. The largest absolute Gasteiger partial charge is 0.316 e. The summed E-state index contributed by atoms with van der Waals surface area (Å²) in [4.78, 5) is -0.220. The van der Waals surface area contributed by atoms with E-state index in [-0.39, 0.29) is 10.8 Å². The molecule has 1 aromatic rings. The average molecular weight is 304 g/mol. The quantitative estimate of drug-likeness (QED) is 0.919. The van der Waals surface area contributed by atoms with Crippen molar-refractivity contribution in [2.45, 2.75) is 17.7 Å². The number of benzene rings is 1. The Bertz CT molecular complexity index is 572. The van der Waals surface area contributed by atoms with Crippen LogP contribution in [0.15, 0.2) is 23.1 Å². The zero-order valence-corrected chi connectivity index (χ0v) is 12.1. The number of hydrogen-bond donors (Lipinski definition) is 1. The van der Waals surface area contributed by atoms with E-state index in [4.69, 9.17) is 0 Å². The summed E-state index contributed by atoms with van der Waals surface area (Å²) >= 11 is 0. The van der Waals surface area contributed by atoms with Gasteiger partial charge in [-0.05, 0) is 50.0 Å². The summed E-state index contributed by atoms with van der Waals surface area (Å²) < 4.78 is 51.8. The minimum Gasteiger partial charge on any atom is -0.316 e. The van der Waals surface area contributed by atoms with Crippen molar-refractivity contribution in [3.05, 3.63) is 29.8 Å². The summed E-state index contributed by atoms with van der Waals surface area (Å²) in [5.74, 6) is -1.96. The highest BCUT2D eigenvalue weighted by molar-refractivity contribution is 7.89. The van der Waals surface area contributed by atoms with E-state index < -0.39 is 21.7 Å². The van der Waals surface area contributed by atoms with Gasteiger partial charge in [-0.25, -0.2) is 21.5 Å². The Hall–Kier alpha value is -1.05. The van der Waals surface area contributed by atoms with E-state index in [1.54, 1.807) is 0 Å². The first-order valence-electron chi connectivity index (χ1n) is 6.53. The van der Waals surface area contributed by atoms with Crippen molar-refractivity contribution < 1.29 is 17.2 Å². The van der Waals surface area contributed by atoms with E-state index in [0.717, 1.165) is 44.1 Å². The van der Waals surface area contributed by atoms with Gasteiger partial charge in [-0.1, -0.05) is 0 Å². The standard InChI is InChI=1S/C13H18F2N2O2S/c1-17(9-10-3-2-6-16-8-10)20(18,19)11-4-5-12(14)13(15)7-11/h4-5,7,10,16H,2-3,6,8-9H2,1H3. The fourth-order valence-electron chi connectivity index (χ4n) is 2.36. The third-order valence-corrected chi connectivity index (χ3v) is 5.33. The normalized spacial score (nSPS) is 20.3. The first-order valence-corrected chi connectivity index (χ1v) is 7.97. The SMILES string of the molecule is CN(CC1CCCNC1)S(=O)(=O)c1ccc(F)c(F)c1. The molecule has 0 bridgehead atoms. The molecule has 1 unspecified atom stereocenters. The Morgan fingerprint density at radius 3 is 2.70 bits per heavy atom. The van der Waals surface area contributed by atoms with Gasteiger partial charge >= 0.3 is 0 Å². The predicted octanol–water partition coefficient (Wildman–Crippen LogP) is 1.58. The van der Waals surface area contributed by atoms with Crippen LogP contribution in [-0.4, -0.2) is 39.4 Å². The summed E-state index contributed by atoms with van der Waals surface area (Å²) in [7, 11) is -2.32. The highest BCUT2D eigenvalue weighted by atomic mass is 32.2. The van der Waals surface area contributed by atoms with Gasteiger partial charge in [0.1, 0.15) is 0 Å². The van der Waals surface area contributed by atoms with E-state index in [2.05, 4.69) is 5.32 Å². The topological polar surface area (TPSA) is 49.4 Å². The molecule has 0 aromatic heterocycles. The van der Waals surface area contributed by atoms with Crippen molar-refractivity contribution in [3.8, 4) is 0 Å². The van der Waals surface area contributed by atoms with Crippen LogP contribution in [0.5, 0.6) is 0 Å². The summed E-state index contributed by atoms with van der Waals surface area (Å²) in [5.41, 5.74) is 0. The summed E-state index contributed by atoms with van der Waals surface area (Å²) in [6.07, 6.45) is 1.98. The molecule has 1 aliphatic rings. The fraction of sp³-hybridized carbons (Fsp3) is 0.538. The lowest BCUT2D eigenvalue weighted by atomic mass is 10.00. The Morgan fingerprint density at radius 1 is 1.35 bits per heavy atom. The fourth-order valence-corrected chi connectivity index (χ4v) is 3.62. The summed E-state index contributed by atoms with van der Waals surface area (Å²) in [6, 6.07) is 2.64. The van der Waals surface area contributed by atoms with Crippen LogP contribution >= 0.6 is 0 Å². The Balaban J connectivity index is 2.13. The van der Waals surface area contributed by atoms with Crippen molar-refractivity contribution in [2.75, 3.05) is 26.7 Å². The smallest absolute Gasteiger partial charge is 0.242 e. The maximum Gasteiger partial charge on any atom is 0.242 e. The molecule has 1 saturated heterocycles. The van der Waals surface area contributed by atoms with Gasteiger partial charge in [0.25, 0.3) is 0 Å². The number of piperidine rings is 1. The minimum absolute atomic E-state index is 0.220. The van der Waals surface area contributed by atoms with Gasteiger partial charge in [0.2, 0.25) is 10.0 Å². The lowest BCUT2D eigenvalue weighted by molar-refractivity contribution is 0.314. The first kappa shape index (κ1) is 15.3. The molecule has 1 aromatic carbocycles. The molecule has 0 radical (unpaired) electrons. The molecular formula is C13H18F2N2O2S. The van der Waals surface area contributed by atoms with Gasteiger partial charge < -0.3 is 5.32 Å². The van der Waals surface area contributed by atoms with Crippen molar-refractivity contribution in [1.29, 1.82) is 0 Å². The lowest BCUT2D eigenvalue weighted by Crippen LogP contribution is -2.39. The third kappa shape index (κ3) is 3.34. The molecule has 1 fully saturated rings. The molecule has 0 amide bonds. The number of halogens is 2. The van der Waals surface area contributed by atoms with Crippen LogP contribution in [0.3, 0.4) is 0 Å². The molecule has 1 heterocycles. The molecule has 7 heteroatoms. The predicted molar refractivity (Wildman–Crippen MR) is 71.8 cm³/mol. The van der Waals surface area contributed by atoms with Crippen LogP contribution in [0.4, 0.5) is 8.78 Å². The maximum absolute atomic E-state index is 13.2. The molecule has 1 N–H and O–H groups in total. The van der Waals surface area contributed by atoms with Crippen LogP contribution in [0.2, 0.25) is 0 Å². The zero-order chi connectivity index (χ0) is 14.8. The second-order valence-electron chi connectivity index (χ2n) is 5.07. The minimum atomic E-state index is -3.78. The summed E-state index contributed by atoms with van der Waals surface area (Å²) in [6.45, 7) is 2.10. The second kappa shape index (κ2) is 6.15. The highest BCUT2D eigenvalue weighted by Gasteiger charge is 2.25. The van der Waals surface area contributed by atoms with E-state index in [9.17, 15) is 17.2 Å². The molecule has 20 heavy (non-hydrogen) atoms. The Morgan fingerprint density at radius 2 is 2.10 bits per heavy atom. The van der Waals surface area contributed by atoms with Gasteiger partial charge in [-0.2, -0.15) is 0 Å². The Kier molecular flexibility index (Phi) is 4.72. The van der Waals surface area contributed by atoms with E-state index in [1.165, 1.54) is 11.4 Å². The number of nitrogens with zero attached hydrogens (tertiary/aromatic N) is 1. The number of nitrogens with one attached hydrogen (secondary N) is 1. The van der Waals surface area contributed by atoms with Gasteiger partial charge in [0.15, 0.2) is 11.6 Å². The average Bonchev–Trinajstić information content (AvgIpc) is 2.42. The van der Waals surface area contributed by atoms with Gasteiger partial charge in [-0.15, -0.1) is 0 Å². The number of rotatable bonds is 4. The van der Waals surface area contributed by atoms with Gasteiger partial charge in [0, 0.05) is 13.6 Å². The number of sulfonamides is 1. The van der Waals surface area contributed by atoms with Crippen LogP contribution in [0.1, 0.15) is 12.8 Å². The van der Waals surface area contributed by atoms with Gasteiger partial charge in [-0.3, -0.25) is 0 Å². The monoisotopic (exact) mass is 304 g/mol. The molecule has 1 aliphatic heterocycles. The molecule has 2 rings (SSSR count). The zero-order valence-electron chi connectivity index (χ0n) is 11.3. The molecule has 0 saturated carbocycles.